The number of carbonyl (C=O) groups excluding carboxylic acids is 1. The molecule has 2 aliphatic rings. The second-order valence-corrected chi connectivity index (χ2v) is 7.24. The molecule has 0 saturated heterocycles. The summed E-state index contributed by atoms with van der Waals surface area (Å²) in [7, 11) is 0. The molecule has 1 aromatic heterocycles. The van der Waals surface area contributed by atoms with Crippen LogP contribution in [0.1, 0.15) is 42.0 Å². The third kappa shape index (κ3) is 2.88. The van der Waals surface area contributed by atoms with Crippen LogP contribution in [0.5, 0.6) is 0 Å². The summed E-state index contributed by atoms with van der Waals surface area (Å²) in [6.45, 7) is 0.516. The van der Waals surface area contributed by atoms with Gasteiger partial charge in [-0.1, -0.05) is 6.07 Å². The number of carbonyl (C=O) groups is 1. The van der Waals surface area contributed by atoms with Crippen LogP contribution in [-0.2, 0) is 21.0 Å². The topological polar surface area (TPSA) is 67.0 Å². The molecular formula is C17H18FN3O2S. The fourth-order valence-electron chi connectivity index (χ4n) is 3.48. The normalized spacial score (nSPS) is 22.4. The molecule has 2 unspecified atom stereocenters. The van der Waals surface area contributed by atoms with Crippen molar-refractivity contribution in [3.63, 3.8) is 0 Å². The van der Waals surface area contributed by atoms with E-state index >= 15 is 0 Å². The molecule has 5 nitrogen and oxygen atoms in total. The highest BCUT2D eigenvalue weighted by atomic mass is 32.2. The third-order valence-corrected chi connectivity index (χ3v) is 5.78. The molecule has 2 heterocycles. The summed E-state index contributed by atoms with van der Waals surface area (Å²) in [6, 6.07) is 5.67. The number of ether oxygens (including phenoxy) is 1. The first kappa shape index (κ1) is 15.5. The molecule has 4 rings (SSSR count). The van der Waals surface area contributed by atoms with Gasteiger partial charge in [-0.05, 0) is 30.9 Å². The Balaban J connectivity index is 1.47. The number of halogens is 1. The predicted octanol–water partition coefficient (Wildman–Crippen LogP) is 3.85. The Bertz CT molecular complexity index is 764. The van der Waals surface area contributed by atoms with Crippen LogP contribution in [0.2, 0.25) is 0 Å². The second kappa shape index (κ2) is 6.47. The summed E-state index contributed by atoms with van der Waals surface area (Å²) < 4.78 is 19.6. The molecule has 126 valence electrons. The number of nitrogens with one attached hydrogen (secondary N) is 2. The zero-order valence-electron chi connectivity index (χ0n) is 13.0. The van der Waals surface area contributed by atoms with Crippen molar-refractivity contribution in [3.8, 4) is 0 Å². The van der Waals surface area contributed by atoms with E-state index in [4.69, 9.17) is 4.74 Å². The van der Waals surface area contributed by atoms with E-state index in [0.29, 0.717) is 23.9 Å². The van der Waals surface area contributed by atoms with E-state index in [9.17, 15) is 9.18 Å². The molecule has 1 aromatic carbocycles. The fraction of sp³-hybridized carbons (Fsp3) is 0.412. The number of hydrogen-bond acceptors (Lipinski definition) is 5. The largest absolute Gasteiger partial charge is 0.465 e. The molecule has 7 heteroatoms. The standard InChI is InChI=1S/C17H18FN3O2S/c18-17-13-8-24-7-11(13)2-4-14(17)19-16-6-15(20-21-16)10-1-3-12(5-10)23-9-22/h2,4,6,9-10,12H,1,3,5,7-8H2,(H2,19,20,21). The second-order valence-electron chi connectivity index (χ2n) is 6.26. The molecule has 24 heavy (non-hydrogen) atoms. The summed E-state index contributed by atoms with van der Waals surface area (Å²) in [5, 5.41) is 10.3. The van der Waals surface area contributed by atoms with Crippen molar-refractivity contribution in [2.45, 2.75) is 42.8 Å². The van der Waals surface area contributed by atoms with E-state index in [2.05, 4.69) is 15.5 Å². The van der Waals surface area contributed by atoms with Crippen LogP contribution in [-0.4, -0.2) is 22.8 Å². The van der Waals surface area contributed by atoms with Gasteiger partial charge in [0.15, 0.2) is 11.6 Å². The number of thioether (sulfide) groups is 1. The number of rotatable bonds is 5. The molecule has 1 aliphatic carbocycles. The van der Waals surface area contributed by atoms with Crippen molar-refractivity contribution in [1.82, 2.24) is 10.2 Å². The van der Waals surface area contributed by atoms with E-state index in [1.165, 1.54) is 0 Å². The zero-order valence-corrected chi connectivity index (χ0v) is 13.9. The lowest BCUT2D eigenvalue weighted by molar-refractivity contribution is -0.133. The first-order chi connectivity index (χ1) is 11.7. The monoisotopic (exact) mass is 347 g/mol. The zero-order chi connectivity index (χ0) is 16.5. The van der Waals surface area contributed by atoms with Crippen LogP contribution >= 0.6 is 11.8 Å². The number of hydrogen-bond donors (Lipinski definition) is 2. The smallest absolute Gasteiger partial charge is 0.293 e. The molecule has 1 saturated carbocycles. The average molecular weight is 347 g/mol. The van der Waals surface area contributed by atoms with Crippen molar-refractivity contribution in [2.24, 2.45) is 0 Å². The molecule has 0 spiro atoms. The first-order valence-corrected chi connectivity index (χ1v) is 9.19. The average Bonchev–Trinajstić information content (AvgIpc) is 3.30. The Hall–Kier alpha value is -2.02. The minimum Gasteiger partial charge on any atom is -0.465 e. The summed E-state index contributed by atoms with van der Waals surface area (Å²) in [5.41, 5.74) is 3.33. The lowest BCUT2D eigenvalue weighted by atomic mass is 10.0. The Morgan fingerprint density at radius 3 is 3.17 bits per heavy atom. The SMILES string of the molecule is O=COC1CCC(c2cc(Nc3ccc4c(c3F)CSC4)n[nH]2)C1. The quantitative estimate of drug-likeness (QED) is 0.804. The molecule has 0 radical (unpaired) electrons. The van der Waals surface area contributed by atoms with Gasteiger partial charge in [-0.25, -0.2) is 4.39 Å². The molecule has 2 N–H and O–H groups in total. The maximum absolute atomic E-state index is 14.5. The molecule has 0 amide bonds. The van der Waals surface area contributed by atoms with Crippen molar-refractivity contribution >= 4 is 29.7 Å². The van der Waals surface area contributed by atoms with Gasteiger partial charge in [-0.3, -0.25) is 9.89 Å². The minimum atomic E-state index is -0.178. The van der Waals surface area contributed by atoms with E-state index in [0.717, 1.165) is 47.6 Å². The van der Waals surface area contributed by atoms with E-state index in [1.807, 2.05) is 12.1 Å². The first-order valence-electron chi connectivity index (χ1n) is 8.04. The summed E-state index contributed by atoms with van der Waals surface area (Å²) in [6.07, 6.45) is 2.59. The summed E-state index contributed by atoms with van der Waals surface area (Å²) in [4.78, 5) is 10.4. The van der Waals surface area contributed by atoms with E-state index in [1.54, 1.807) is 17.8 Å². The highest BCUT2D eigenvalue weighted by molar-refractivity contribution is 7.98. The Labute approximate surface area is 143 Å². The van der Waals surface area contributed by atoms with Crippen LogP contribution in [0.25, 0.3) is 0 Å². The summed E-state index contributed by atoms with van der Waals surface area (Å²) in [5.74, 6) is 2.32. The number of anilines is 2. The number of nitrogens with zero attached hydrogens (tertiary/aromatic N) is 1. The van der Waals surface area contributed by atoms with Gasteiger partial charge in [0.25, 0.3) is 6.47 Å². The Morgan fingerprint density at radius 1 is 1.38 bits per heavy atom. The highest BCUT2D eigenvalue weighted by Crippen LogP contribution is 2.37. The number of fused-ring (bicyclic) bond motifs is 1. The van der Waals surface area contributed by atoms with Crippen LogP contribution in [0.15, 0.2) is 18.2 Å². The molecule has 0 bridgehead atoms. The van der Waals surface area contributed by atoms with Crippen molar-refractivity contribution in [2.75, 3.05) is 5.32 Å². The molecule has 2 aromatic rings. The van der Waals surface area contributed by atoms with E-state index in [-0.39, 0.29) is 11.9 Å². The number of aromatic nitrogens is 2. The third-order valence-electron chi connectivity index (χ3n) is 4.78. The van der Waals surface area contributed by atoms with Crippen LogP contribution in [0.3, 0.4) is 0 Å². The minimum absolute atomic E-state index is 0.0149. The lowest BCUT2D eigenvalue weighted by Crippen LogP contribution is -2.06. The van der Waals surface area contributed by atoms with Gasteiger partial charge in [-0.15, -0.1) is 0 Å². The lowest BCUT2D eigenvalue weighted by Gasteiger charge is -2.08. The van der Waals surface area contributed by atoms with Crippen molar-refractivity contribution < 1.29 is 13.9 Å². The van der Waals surface area contributed by atoms with Crippen molar-refractivity contribution in [3.05, 3.63) is 40.8 Å². The van der Waals surface area contributed by atoms with Crippen LogP contribution < -0.4 is 5.32 Å². The molecule has 2 atom stereocenters. The maximum atomic E-state index is 14.5. The van der Waals surface area contributed by atoms with Gasteiger partial charge >= 0.3 is 0 Å². The van der Waals surface area contributed by atoms with Gasteiger partial charge in [0.2, 0.25) is 0 Å². The maximum Gasteiger partial charge on any atom is 0.293 e. The predicted molar refractivity (Wildman–Crippen MR) is 90.8 cm³/mol. The van der Waals surface area contributed by atoms with Gasteiger partial charge in [0, 0.05) is 34.7 Å². The van der Waals surface area contributed by atoms with E-state index < -0.39 is 0 Å². The summed E-state index contributed by atoms with van der Waals surface area (Å²) >= 11 is 1.73. The number of H-pyrrole nitrogens is 1. The van der Waals surface area contributed by atoms with Crippen LogP contribution in [0, 0.1) is 5.82 Å². The number of aromatic amines is 1. The molecule has 1 fully saturated rings. The van der Waals surface area contributed by atoms with Crippen molar-refractivity contribution in [1.29, 1.82) is 0 Å². The fourth-order valence-corrected chi connectivity index (χ4v) is 4.59. The van der Waals surface area contributed by atoms with Gasteiger partial charge in [-0.2, -0.15) is 16.9 Å². The van der Waals surface area contributed by atoms with Gasteiger partial charge in [0.1, 0.15) is 6.10 Å². The Morgan fingerprint density at radius 2 is 2.29 bits per heavy atom. The molecular weight excluding hydrogens is 329 g/mol. The van der Waals surface area contributed by atoms with Crippen LogP contribution in [0.4, 0.5) is 15.9 Å². The van der Waals surface area contributed by atoms with Gasteiger partial charge < -0.3 is 10.1 Å². The Kier molecular flexibility index (Phi) is 4.18. The molecule has 1 aliphatic heterocycles. The number of benzene rings is 1. The van der Waals surface area contributed by atoms with Gasteiger partial charge in [0.05, 0.1) is 5.69 Å². The highest BCUT2D eigenvalue weighted by Gasteiger charge is 2.28.